The first-order valence-corrected chi connectivity index (χ1v) is 12.6. The molecule has 5 rings (SSSR count). The van der Waals surface area contributed by atoms with E-state index in [0.29, 0.717) is 37.4 Å². The summed E-state index contributed by atoms with van der Waals surface area (Å²) in [4.78, 5) is 29.5. The van der Waals surface area contributed by atoms with Crippen LogP contribution in [0.15, 0.2) is 54.7 Å². The van der Waals surface area contributed by atoms with Gasteiger partial charge in [0.05, 0.1) is 12.6 Å². The van der Waals surface area contributed by atoms with Crippen LogP contribution in [-0.2, 0) is 13.0 Å². The lowest BCUT2D eigenvalue weighted by Crippen LogP contribution is -2.55. The highest BCUT2D eigenvalue weighted by Crippen LogP contribution is 2.32. The minimum Gasteiger partial charge on any atom is -0.489 e. The molecule has 2 unspecified atom stereocenters. The van der Waals surface area contributed by atoms with Gasteiger partial charge in [-0.3, -0.25) is 4.57 Å². The maximum Gasteiger partial charge on any atom is 0.573 e. The maximum atomic E-state index is 12.5. The standard InChI is InChI=1S/C26H26F3N5O7/c1-25(15-32-14-22(34(37)38)30-23(32)41-25)16-39-21-4-2-3-18(12-21)31-9-10-33(24(35)36)19(13-31)11-17-5-7-20(8-6-17)40-26(27,28)29/h2-8,12,14,19H,9-11,13,15-16H2,1H3,(H,35,36). The molecule has 1 aromatic heterocycles. The van der Waals surface area contributed by atoms with Crippen molar-refractivity contribution in [1.29, 1.82) is 0 Å². The van der Waals surface area contributed by atoms with Crippen molar-refractivity contribution in [3.63, 3.8) is 0 Å². The quantitative estimate of drug-likeness (QED) is 0.307. The molecule has 218 valence electrons. The average molecular weight is 578 g/mol. The zero-order valence-corrected chi connectivity index (χ0v) is 21.8. The normalized spacial score (nSPS) is 20.3. The van der Waals surface area contributed by atoms with Crippen molar-refractivity contribution in [3.05, 3.63) is 70.4 Å². The number of amides is 1. The molecule has 3 heterocycles. The second-order valence-electron chi connectivity index (χ2n) is 10.1. The molecule has 12 nitrogen and oxygen atoms in total. The number of hydrogen-bond acceptors (Lipinski definition) is 8. The molecule has 0 bridgehead atoms. The summed E-state index contributed by atoms with van der Waals surface area (Å²) in [6.45, 7) is 3.32. The Morgan fingerprint density at radius 1 is 1.22 bits per heavy atom. The lowest BCUT2D eigenvalue weighted by molar-refractivity contribution is -0.389. The number of ether oxygens (including phenoxy) is 3. The molecule has 2 aliphatic heterocycles. The second kappa shape index (κ2) is 10.7. The fourth-order valence-corrected chi connectivity index (χ4v) is 4.98. The number of nitrogens with zero attached hydrogens (tertiary/aromatic N) is 5. The van der Waals surface area contributed by atoms with Gasteiger partial charge in [0.25, 0.3) is 0 Å². The largest absolute Gasteiger partial charge is 0.573 e. The molecule has 15 heteroatoms. The van der Waals surface area contributed by atoms with Gasteiger partial charge in [-0.25, -0.2) is 4.79 Å². The Labute approximate surface area is 231 Å². The third-order valence-electron chi connectivity index (χ3n) is 6.84. The summed E-state index contributed by atoms with van der Waals surface area (Å²) in [7, 11) is 0. The van der Waals surface area contributed by atoms with Crippen LogP contribution >= 0.6 is 0 Å². The van der Waals surface area contributed by atoms with Gasteiger partial charge in [-0.2, -0.15) is 0 Å². The highest BCUT2D eigenvalue weighted by atomic mass is 19.4. The molecule has 0 radical (unpaired) electrons. The van der Waals surface area contributed by atoms with Crippen molar-refractivity contribution >= 4 is 17.6 Å². The van der Waals surface area contributed by atoms with Crippen molar-refractivity contribution in [2.75, 3.05) is 31.1 Å². The Morgan fingerprint density at radius 3 is 2.63 bits per heavy atom. The molecule has 41 heavy (non-hydrogen) atoms. The minimum absolute atomic E-state index is 0.150. The molecule has 2 aliphatic rings. The van der Waals surface area contributed by atoms with Crippen molar-refractivity contribution in [2.45, 2.75) is 37.9 Å². The van der Waals surface area contributed by atoms with Crippen molar-refractivity contribution in [1.82, 2.24) is 14.5 Å². The first kappa shape index (κ1) is 27.9. The fourth-order valence-electron chi connectivity index (χ4n) is 4.98. The average Bonchev–Trinajstić information content (AvgIpc) is 3.43. The summed E-state index contributed by atoms with van der Waals surface area (Å²) in [6.07, 6.45) is -4.25. The van der Waals surface area contributed by atoms with E-state index in [0.717, 1.165) is 5.69 Å². The minimum atomic E-state index is -4.79. The van der Waals surface area contributed by atoms with Gasteiger partial charge in [0, 0.05) is 36.4 Å². The van der Waals surface area contributed by atoms with E-state index in [2.05, 4.69) is 9.72 Å². The fraction of sp³-hybridized carbons (Fsp3) is 0.385. The number of hydrogen-bond donors (Lipinski definition) is 1. The van der Waals surface area contributed by atoms with Crippen LogP contribution in [0, 0.1) is 10.1 Å². The Morgan fingerprint density at radius 2 is 1.98 bits per heavy atom. The van der Waals surface area contributed by atoms with Gasteiger partial charge in [0.2, 0.25) is 0 Å². The lowest BCUT2D eigenvalue weighted by atomic mass is 10.0. The smallest absolute Gasteiger partial charge is 0.489 e. The van der Waals surface area contributed by atoms with Crippen LogP contribution in [0.3, 0.4) is 0 Å². The lowest BCUT2D eigenvalue weighted by Gasteiger charge is -2.41. The first-order valence-electron chi connectivity index (χ1n) is 12.6. The number of piperazine rings is 1. The molecule has 2 aromatic carbocycles. The van der Waals surface area contributed by atoms with Gasteiger partial charge in [-0.05, 0) is 48.1 Å². The van der Waals surface area contributed by atoms with Crippen molar-refractivity contribution in [2.24, 2.45) is 0 Å². The van der Waals surface area contributed by atoms with E-state index in [1.165, 1.54) is 35.4 Å². The molecular weight excluding hydrogens is 551 g/mol. The van der Waals surface area contributed by atoms with Crippen molar-refractivity contribution < 1.29 is 42.2 Å². The molecule has 1 saturated heterocycles. The zero-order valence-electron chi connectivity index (χ0n) is 21.8. The number of imidazole rings is 1. The van der Waals surface area contributed by atoms with Gasteiger partial charge in [0.1, 0.15) is 24.3 Å². The molecule has 0 aliphatic carbocycles. The van der Waals surface area contributed by atoms with Gasteiger partial charge in [-0.1, -0.05) is 18.2 Å². The van der Waals surface area contributed by atoms with Crippen LogP contribution in [0.1, 0.15) is 12.5 Å². The van der Waals surface area contributed by atoms with E-state index in [4.69, 9.17) is 9.47 Å². The number of alkyl halides is 3. The Kier molecular flexibility index (Phi) is 7.28. The molecule has 0 spiro atoms. The van der Waals surface area contributed by atoms with E-state index in [9.17, 15) is 33.2 Å². The van der Waals surface area contributed by atoms with Crippen LogP contribution in [0.25, 0.3) is 0 Å². The monoisotopic (exact) mass is 577 g/mol. The number of anilines is 1. The third kappa shape index (κ3) is 6.56. The van der Waals surface area contributed by atoms with Gasteiger partial charge in [0.15, 0.2) is 5.60 Å². The van der Waals surface area contributed by atoms with Crippen LogP contribution in [0.5, 0.6) is 17.5 Å². The zero-order chi connectivity index (χ0) is 29.4. The Bertz CT molecular complexity index is 1410. The van der Waals surface area contributed by atoms with Crippen LogP contribution in [0.4, 0.5) is 29.5 Å². The molecule has 3 aromatic rings. The molecule has 1 amide bonds. The van der Waals surface area contributed by atoms with Crippen LogP contribution in [-0.4, -0.2) is 74.8 Å². The van der Waals surface area contributed by atoms with E-state index in [-0.39, 0.29) is 30.7 Å². The summed E-state index contributed by atoms with van der Waals surface area (Å²) < 4.78 is 54.7. The third-order valence-corrected chi connectivity index (χ3v) is 6.84. The predicted molar refractivity (Wildman–Crippen MR) is 137 cm³/mol. The molecule has 0 saturated carbocycles. The van der Waals surface area contributed by atoms with Crippen molar-refractivity contribution in [3.8, 4) is 17.5 Å². The first-order chi connectivity index (χ1) is 19.4. The summed E-state index contributed by atoms with van der Waals surface area (Å²) >= 11 is 0. The summed E-state index contributed by atoms with van der Waals surface area (Å²) in [5.41, 5.74) is 0.698. The summed E-state index contributed by atoms with van der Waals surface area (Å²) in [5, 5.41) is 20.7. The van der Waals surface area contributed by atoms with E-state index in [1.807, 2.05) is 30.0 Å². The number of carboxylic acid groups (broad SMARTS) is 1. The predicted octanol–water partition coefficient (Wildman–Crippen LogP) is 4.33. The number of aromatic nitrogens is 2. The van der Waals surface area contributed by atoms with Gasteiger partial charge in [-0.15, -0.1) is 13.2 Å². The highest BCUT2D eigenvalue weighted by molar-refractivity contribution is 5.66. The topological polar surface area (TPSA) is 132 Å². The van der Waals surface area contributed by atoms with Crippen LogP contribution in [0.2, 0.25) is 0 Å². The maximum absolute atomic E-state index is 12.5. The number of carbonyl (C=O) groups is 1. The van der Waals surface area contributed by atoms with E-state index >= 15 is 0 Å². The molecule has 1 N–H and O–H groups in total. The second-order valence-corrected chi connectivity index (χ2v) is 10.1. The summed E-state index contributed by atoms with van der Waals surface area (Å²) in [5.74, 6) is -0.0776. The van der Waals surface area contributed by atoms with Gasteiger partial charge < -0.3 is 39.2 Å². The molecular formula is C26H26F3N5O7. The highest BCUT2D eigenvalue weighted by Gasteiger charge is 2.41. The molecule has 2 atom stereocenters. The summed E-state index contributed by atoms with van der Waals surface area (Å²) in [6, 6.07) is 12.4. The Balaban J connectivity index is 1.22. The number of benzene rings is 2. The SMILES string of the molecule is CC1(COc2cccc(N3CCN(C(=O)O)C(Cc4ccc(OC(F)(F)F)cc4)C3)c2)Cn2cc([N+](=O)[O-])nc2O1. The number of rotatable bonds is 8. The van der Waals surface area contributed by atoms with Gasteiger partial charge >= 0.3 is 24.3 Å². The molecule has 1 fully saturated rings. The number of fused-ring (bicyclic) bond motifs is 1. The Hall–Kier alpha value is -4.69. The van der Waals surface area contributed by atoms with Crippen LogP contribution < -0.4 is 19.1 Å². The van der Waals surface area contributed by atoms with E-state index in [1.54, 1.807) is 10.6 Å². The number of nitro groups is 1. The van der Waals surface area contributed by atoms with E-state index < -0.39 is 29.0 Å². The number of halogens is 3.